The Kier molecular flexibility index (Phi) is 24.0. The van der Waals surface area contributed by atoms with E-state index in [4.69, 9.17) is 17.2 Å². The van der Waals surface area contributed by atoms with Gasteiger partial charge in [-0.1, -0.05) is 96.8 Å². The average molecular weight is 469 g/mol. The lowest BCUT2D eigenvalue weighted by molar-refractivity contribution is -0.123. The third-order valence-electron chi connectivity index (χ3n) is 6.99. The highest BCUT2D eigenvalue weighted by atomic mass is 16.1. The molecule has 0 aromatic carbocycles. The van der Waals surface area contributed by atoms with Gasteiger partial charge in [-0.15, -0.1) is 0 Å². The first kappa shape index (κ1) is 32.4. The van der Waals surface area contributed by atoms with E-state index in [0.29, 0.717) is 26.1 Å². The van der Waals surface area contributed by atoms with E-state index >= 15 is 0 Å². The highest BCUT2D eigenvalue weighted by Crippen LogP contribution is 2.25. The molecule has 0 atom stereocenters. The van der Waals surface area contributed by atoms with E-state index in [9.17, 15) is 4.79 Å². The molecule has 0 radical (unpaired) electrons. The number of unbranched alkanes of at least 4 members (excludes halogenated alkanes) is 14. The van der Waals surface area contributed by atoms with Crippen LogP contribution in [0, 0.1) is 0 Å². The van der Waals surface area contributed by atoms with Crippen LogP contribution >= 0.6 is 0 Å². The third-order valence-corrected chi connectivity index (χ3v) is 6.99. The van der Waals surface area contributed by atoms with E-state index in [1.165, 1.54) is 83.5 Å². The van der Waals surface area contributed by atoms with Crippen molar-refractivity contribution in [2.45, 2.75) is 154 Å². The van der Waals surface area contributed by atoms with E-state index in [-0.39, 0.29) is 11.4 Å². The summed E-state index contributed by atoms with van der Waals surface area (Å²) >= 11 is 0. The zero-order valence-corrected chi connectivity index (χ0v) is 22.3. The van der Waals surface area contributed by atoms with Crippen LogP contribution in [0.1, 0.15) is 148 Å². The molecule has 0 aromatic rings. The lowest BCUT2D eigenvalue weighted by Crippen LogP contribution is -2.49. The van der Waals surface area contributed by atoms with E-state index in [1.54, 1.807) is 0 Å². The van der Waals surface area contributed by atoms with Crippen LogP contribution in [-0.4, -0.2) is 31.1 Å². The molecule has 0 bridgehead atoms. The molecule has 198 valence electrons. The quantitative estimate of drug-likeness (QED) is 0.111. The van der Waals surface area contributed by atoms with Crippen LogP contribution in [0.25, 0.3) is 0 Å². The van der Waals surface area contributed by atoms with Crippen LogP contribution in [0.15, 0.2) is 0 Å². The Morgan fingerprint density at radius 1 is 0.545 bits per heavy atom. The first-order chi connectivity index (χ1) is 16.1. The van der Waals surface area contributed by atoms with Crippen LogP contribution in [0.4, 0.5) is 0 Å². The maximum atomic E-state index is 12.7. The summed E-state index contributed by atoms with van der Waals surface area (Å²) in [5.74, 6) is 0.191. The summed E-state index contributed by atoms with van der Waals surface area (Å²) in [7, 11) is 0. The molecule has 7 N–H and O–H groups in total. The molecular formula is C28H60N4O. The second kappa shape index (κ2) is 24.5. The van der Waals surface area contributed by atoms with E-state index < -0.39 is 0 Å². The van der Waals surface area contributed by atoms with Gasteiger partial charge in [0.2, 0.25) is 5.91 Å². The summed E-state index contributed by atoms with van der Waals surface area (Å²) in [5, 5.41) is 3.38. The molecule has 5 nitrogen and oxygen atoms in total. The zero-order chi connectivity index (χ0) is 24.5. The molecular weight excluding hydrogens is 408 g/mol. The second-order valence-corrected chi connectivity index (χ2v) is 10.2. The maximum Gasteiger partial charge on any atom is 0.220 e. The molecule has 0 heterocycles. The maximum absolute atomic E-state index is 12.7. The van der Waals surface area contributed by atoms with Crippen molar-refractivity contribution in [1.29, 1.82) is 0 Å². The van der Waals surface area contributed by atoms with E-state index in [1.807, 2.05) is 0 Å². The zero-order valence-electron chi connectivity index (χ0n) is 22.3. The first-order valence-corrected chi connectivity index (χ1v) is 14.6. The molecule has 0 unspecified atom stereocenters. The Balaban J connectivity index is 3.85. The summed E-state index contributed by atoms with van der Waals surface area (Å²) in [4.78, 5) is 12.7. The fraction of sp³-hybridized carbons (Fsp3) is 0.964. The Bertz CT molecular complexity index is 395. The third kappa shape index (κ3) is 20.4. The number of nitrogens with one attached hydrogen (secondary N) is 1. The largest absolute Gasteiger partial charge is 0.351 e. The van der Waals surface area contributed by atoms with Crippen molar-refractivity contribution in [2.75, 3.05) is 19.6 Å². The van der Waals surface area contributed by atoms with Gasteiger partial charge in [-0.3, -0.25) is 4.79 Å². The van der Waals surface area contributed by atoms with Crippen LogP contribution in [0.3, 0.4) is 0 Å². The Morgan fingerprint density at radius 3 is 1.21 bits per heavy atom. The second-order valence-electron chi connectivity index (χ2n) is 10.2. The number of carbonyl (C=O) groups is 1. The summed E-state index contributed by atoms with van der Waals surface area (Å²) in [6.07, 6.45) is 26.3. The van der Waals surface area contributed by atoms with Crippen molar-refractivity contribution >= 4 is 5.91 Å². The van der Waals surface area contributed by atoms with Crippen molar-refractivity contribution in [3.63, 3.8) is 0 Å². The van der Waals surface area contributed by atoms with E-state index in [0.717, 1.165) is 51.4 Å². The van der Waals surface area contributed by atoms with Crippen molar-refractivity contribution in [1.82, 2.24) is 5.32 Å². The minimum absolute atomic E-state index is 0.176. The van der Waals surface area contributed by atoms with Gasteiger partial charge in [0.25, 0.3) is 0 Å². The number of carbonyl (C=O) groups excluding carboxylic acids is 1. The minimum atomic E-state index is -0.176. The number of hydrogen-bond acceptors (Lipinski definition) is 4. The number of rotatable bonds is 26. The topological polar surface area (TPSA) is 107 Å². The van der Waals surface area contributed by atoms with Crippen LogP contribution < -0.4 is 22.5 Å². The lowest BCUT2D eigenvalue weighted by Gasteiger charge is -2.35. The highest BCUT2D eigenvalue weighted by molar-refractivity contribution is 5.76. The molecule has 0 aliphatic rings. The van der Waals surface area contributed by atoms with Gasteiger partial charge >= 0.3 is 0 Å². The molecule has 0 rings (SSSR count). The van der Waals surface area contributed by atoms with Gasteiger partial charge < -0.3 is 22.5 Å². The van der Waals surface area contributed by atoms with Gasteiger partial charge in [0, 0.05) is 12.0 Å². The van der Waals surface area contributed by atoms with Crippen molar-refractivity contribution in [3.8, 4) is 0 Å². The van der Waals surface area contributed by atoms with Crippen LogP contribution in [-0.2, 0) is 4.79 Å². The SMILES string of the molecule is CCCCCCCCCCCCCCCCCC(=O)NC(CCCN)(CCCN)CCCN. The average Bonchev–Trinajstić information content (AvgIpc) is 2.82. The predicted molar refractivity (Wildman–Crippen MR) is 145 cm³/mol. The number of hydrogen-bond donors (Lipinski definition) is 4. The molecule has 1 amide bonds. The summed E-state index contributed by atoms with van der Waals surface area (Å²) in [6.45, 7) is 4.24. The smallest absolute Gasteiger partial charge is 0.220 e. The monoisotopic (exact) mass is 468 g/mol. The van der Waals surface area contributed by atoms with Gasteiger partial charge in [0.1, 0.15) is 0 Å². The lowest BCUT2D eigenvalue weighted by atomic mass is 9.83. The first-order valence-electron chi connectivity index (χ1n) is 14.6. The van der Waals surface area contributed by atoms with Gasteiger partial charge in [0.15, 0.2) is 0 Å². The van der Waals surface area contributed by atoms with Gasteiger partial charge in [-0.2, -0.15) is 0 Å². The summed E-state index contributed by atoms with van der Waals surface area (Å²) < 4.78 is 0. The van der Waals surface area contributed by atoms with Gasteiger partial charge in [-0.05, 0) is 64.6 Å². The molecule has 0 aromatic heterocycles. The fourth-order valence-corrected chi connectivity index (χ4v) is 4.90. The normalized spacial score (nSPS) is 11.8. The molecule has 5 heteroatoms. The van der Waals surface area contributed by atoms with Crippen molar-refractivity contribution in [3.05, 3.63) is 0 Å². The Morgan fingerprint density at radius 2 is 0.879 bits per heavy atom. The highest BCUT2D eigenvalue weighted by Gasteiger charge is 2.29. The summed E-state index contributed by atoms with van der Waals surface area (Å²) in [5.41, 5.74) is 17.1. The minimum Gasteiger partial charge on any atom is -0.351 e. The van der Waals surface area contributed by atoms with Gasteiger partial charge in [0.05, 0.1) is 0 Å². The predicted octanol–water partition coefficient (Wildman–Crippen LogP) is 6.32. The number of amides is 1. The fourth-order valence-electron chi connectivity index (χ4n) is 4.90. The van der Waals surface area contributed by atoms with Crippen LogP contribution in [0.2, 0.25) is 0 Å². The molecule has 0 saturated carbocycles. The Hall–Kier alpha value is -0.650. The summed E-state index contributed by atoms with van der Waals surface area (Å²) in [6, 6.07) is 0. The van der Waals surface area contributed by atoms with Crippen LogP contribution in [0.5, 0.6) is 0 Å². The van der Waals surface area contributed by atoms with E-state index in [2.05, 4.69) is 12.2 Å². The van der Waals surface area contributed by atoms with Crippen molar-refractivity contribution in [2.24, 2.45) is 17.2 Å². The molecule has 33 heavy (non-hydrogen) atoms. The molecule has 0 spiro atoms. The molecule has 0 aliphatic carbocycles. The number of nitrogens with two attached hydrogens (primary N) is 3. The standard InChI is InChI=1S/C28H60N4O/c1-2-3-4-5-6-7-8-9-10-11-12-13-14-15-16-20-27(33)32-28(21-17-24-29,22-18-25-30)23-19-26-31/h2-26,29-31H2,1H3,(H,32,33). The molecule has 0 saturated heterocycles. The van der Waals surface area contributed by atoms with Gasteiger partial charge in [-0.25, -0.2) is 0 Å². The Labute approximate surface area is 206 Å². The molecule has 0 fully saturated rings. The van der Waals surface area contributed by atoms with Crippen molar-refractivity contribution < 1.29 is 4.79 Å². The molecule has 0 aliphatic heterocycles.